The molecule has 2 atom stereocenters. The van der Waals surface area contributed by atoms with Gasteiger partial charge in [0.25, 0.3) is 11.8 Å². The molecule has 1 fully saturated rings. The first-order valence-corrected chi connectivity index (χ1v) is 9.87. The Kier molecular flexibility index (Phi) is 6.34. The first-order chi connectivity index (χ1) is 13.5. The van der Waals surface area contributed by atoms with Crippen LogP contribution in [-0.4, -0.2) is 35.4 Å². The van der Waals surface area contributed by atoms with Crippen LogP contribution >= 0.6 is 0 Å². The van der Waals surface area contributed by atoms with Gasteiger partial charge in [-0.3, -0.25) is 9.59 Å². The molecule has 2 aromatic rings. The lowest BCUT2D eigenvalue weighted by Crippen LogP contribution is -2.47. The van der Waals surface area contributed by atoms with Crippen LogP contribution < -0.4 is 10.1 Å². The second kappa shape index (κ2) is 8.91. The fourth-order valence-corrected chi connectivity index (χ4v) is 3.79. The van der Waals surface area contributed by atoms with Crippen molar-refractivity contribution in [2.24, 2.45) is 0 Å². The number of para-hydroxylation sites is 2. The van der Waals surface area contributed by atoms with Gasteiger partial charge in [-0.1, -0.05) is 30.3 Å². The quantitative estimate of drug-likeness (QED) is 0.836. The number of rotatable bonds is 5. The van der Waals surface area contributed by atoms with Gasteiger partial charge in [0.1, 0.15) is 5.75 Å². The van der Waals surface area contributed by atoms with Crippen LogP contribution in [0.15, 0.2) is 48.5 Å². The molecule has 5 heteroatoms. The van der Waals surface area contributed by atoms with Crippen LogP contribution in [0.2, 0.25) is 0 Å². The Bertz CT molecular complexity index is 839. The van der Waals surface area contributed by atoms with Crippen LogP contribution in [0.4, 0.5) is 5.69 Å². The fourth-order valence-electron chi connectivity index (χ4n) is 3.79. The third kappa shape index (κ3) is 4.53. The summed E-state index contributed by atoms with van der Waals surface area (Å²) in [5, 5.41) is 2.84. The molecular formula is C23H28N2O3. The second-order valence-corrected chi connectivity index (χ2v) is 7.49. The van der Waals surface area contributed by atoms with Gasteiger partial charge in [0.05, 0.1) is 11.3 Å². The minimum Gasteiger partial charge on any atom is -0.483 e. The molecule has 0 bridgehead atoms. The number of likely N-dealkylation sites (tertiary alicyclic amines) is 1. The van der Waals surface area contributed by atoms with E-state index in [0.717, 1.165) is 24.8 Å². The minimum absolute atomic E-state index is 0.0320. The van der Waals surface area contributed by atoms with Crippen molar-refractivity contribution in [3.05, 3.63) is 59.7 Å². The Morgan fingerprint density at radius 3 is 2.39 bits per heavy atom. The number of nitrogens with one attached hydrogen (secondary N) is 1. The first kappa shape index (κ1) is 19.9. The van der Waals surface area contributed by atoms with Crippen molar-refractivity contribution in [1.82, 2.24) is 4.90 Å². The van der Waals surface area contributed by atoms with Crippen LogP contribution in [-0.2, 0) is 4.79 Å². The van der Waals surface area contributed by atoms with E-state index in [4.69, 9.17) is 4.74 Å². The molecule has 1 saturated heterocycles. The average molecular weight is 380 g/mol. The number of hydrogen-bond acceptors (Lipinski definition) is 3. The van der Waals surface area contributed by atoms with Crippen LogP contribution in [0, 0.1) is 6.92 Å². The normalized spacial score (nSPS) is 19.2. The third-order valence-corrected chi connectivity index (χ3v) is 5.31. The van der Waals surface area contributed by atoms with Gasteiger partial charge in [0.15, 0.2) is 6.61 Å². The number of carbonyl (C=O) groups excluding carboxylic acids is 2. The van der Waals surface area contributed by atoms with E-state index in [0.29, 0.717) is 17.0 Å². The van der Waals surface area contributed by atoms with Gasteiger partial charge in [0, 0.05) is 12.1 Å². The van der Waals surface area contributed by atoms with E-state index >= 15 is 0 Å². The summed E-state index contributed by atoms with van der Waals surface area (Å²) in [5.41, 5.74) is 2.02. The SMILES string of the molecule is Cc1ccccc1OCC(=O)Nc1ccccc1C(=O)N1[C@H](C)CCC[C@@H]1C. The number of aryl methyl sites for hydroxylation is 1. The van der Waals surface area contributed by atoms with Gasteiger partial charge in [-0.05, 0) is 63.8 Å². The second-order valence-electron chi connectivity index (χ2n) is 7.49. The third-order valence-electron chi connectivity index (χ3n) is 5.31. The summed E-state index contributed by atoms with van der Waals surface area (Å²) in [7, 11) is 0. The summed E-state index contributed by atoms with van der Waals surface area (Å²) in [6.45, 7) is 6.00. The zero-order valence-electron chi connectivity index (χ0n) is 16.8. The van der Waals surface area contributed by atoms with E-state index in [9.17, 15) is 9.59 Å². The molecule has 1 aliphatic heterocycles. The van der Waals surface area contributed by atoms with E-state index in [1.807, 2.05) is 48.2 Å². The van der Waals surface area contributed by atoms with E-state index < -0.39 is 0 Å². The van der Waals surface area contributed by atoms with Crippen molar-refractivity contribution in [1.29, 1.82) is 0 Å². The highest BCUT2D eigenvalue weighted by Gasteiger charge is 2.30. The Morgan fingerprint density at radius 1 is 1.04 bits per heavy atom. The summed E-state index contributed by atoms with van der Waals surface area (Å²) in [6, 6.07) is 15.1. The van der Waals surface area contributed by atoms with E-state index in [1.165, 1.54) is 0 Å². The van der Waals surface area contributed by atoms with Crippen LogP contribution in [0.1, 0.15) is 49.0 Å². The summed E-state index contributed by atoms with van der Waals surface area (Å²) < 4.78 is 5.61. The van der Waals surface area contributed by atoms with Crippen molar-refractivity contribution in [3.63, 3.8) is 0 Å². The summed E-state index contributed by atoms with van der Waals surface area (Å²) >= 11 is 0. The van der Waals surface area contributed by atoms with Gasteiger partial charge in [0.2, 0.25) is 0 Å². The van der Waals surface area contributed by atoms with Gasteiger partial charge < -0.3 is 15.0 Å². The first-order valence-electron chi connectivity index (χ1n) is 9.87. The number of hydrogen-bond donors (Lipinski definition) is 1. The predicted octanol–water partition coefficient (Wildman–Crippen LogP) is 4.42. The molecule has 1 N–H and O–H groups in total. The van der Waals surface area contributed by atoms with Crippen LogP contribution in [0.25, 0.3) is 0 Å². The lowest BCUT2D eigenvalue weighted by molar-refractivity contribution is -0.118. The molecule has 0 radical (unpaired) electrons. The zero-order chi connectivity index (χ0) is 20.1. The molecule has 28 heavy (non-hydrogen) atoms. The number of piperidine rings is 1. The molecule has 1 heterocycles. The maximum absolute atomic E-state index is 13.2. The van der Waals surface area contributed by atoms with Gasteiger partial charge in [-0.15, -0.1) is 0 Å². The number of ether oxygens (including phenoxy) is 1. The molecule has 0 aromatic heterocycles. The highest BCUT2D eigenvalue weighted by Crippen LogP contribution is 2.27. The Balaban J connectivity index is 1.70. The predicted molar refractivity (Wildman–Crippen MR) is 111 cm³/mol. The van der Waals surface area contributed by atoms with E-state index in [-0.39, 0.29) is 30.5 Å². The van der Waals surface area contributed by atoms with Crippen molar-refractivity contribution in [2.45, 2.75) is 52.1 Å². The van der Waals surface area contributed by atoms with Crippen molar-refractivity contribution < 1.29 is 14.3 Å². The largest absolute Gasteiger partial charge is 0.483 e. The molecule has 2 aromatic carbocycles. The van der Waals surface area contributed by atoms with Crippen molar-refractivity contribution in [3.8, 4) is 5.75 Å². The van der Waals surface area contributed by atoms with Gasteiger partial charge in [-0.25, -0.2) is 0 Å². The molecule has 2 amide bonds. The van der Waals surface area contributed by atoms with Crippen molar-refractivity contribution >= 4 is 17.5 Å². The Labute approximate surface area is 166 Å². The standard InChI is InChI=1S/C23H28N2O3/c1-16-9-4-7-14-21(16)28-15-22(26)24-20-13-6-5-12-19(20)23(27)25-17(2)10-8-11-18(25)3/h4-7,9,12-14,17-18H,8,10-11,15H2,1-3H3,(H,24,26)/t17-,18+. The van der Waals surface area contributed by atoms with Crippen molar-refractivity contribution in [2.75, 3.05) is 11.9 Å². The highest BCUT2D eigenvalue weighted by molar-refractivity contribution is 6.04. The molecule has 3 rings (SSSR count). The summed E-state index contributed by atoms with van der Waals surface area (Å²) in [4.78, 5) is 27.5. The molecule has 1 aliphatic rings. The van der Waals surface area contributed by atoms with Gasteiger partial charge in [-0.2, -0.15) is 0 Å². The molecule has 0 spiro atoms. The zero-order valence-corrected chi connectivity index (χ0v) is 16.8. The maximum atomic E-state index is 13.2. The monoisotopic (exact) mass is 380 g/mol. The Morgan fingerprint density at radius 2 is 1.68 bits per heavy atom. The highest BCUT2D eigenvalue weighted by atomic mass is 16.5. The number of anilines is 1. The molecule has 5 nitrogen and oxygen atoms in total. The summed E-state index contributed by atoms with van der Waals surface area (Å²) in [5.74, 6) is 0.358. The smallest absolute Gasteiger partial charge is 0.262 e. The summed E-state index contributed by atoms with van der Waals surface area (Å²) in [6.07, 6.45) is 3.16. The molecular weight excluding hydrogens is 352 g/mol. The maximum Gasteiger partial charge on any atom is 0.262 e. The topological polar surface area (TPSA) is 58.6 Å². The number of amides is 2. The number of carbonyl (C=O) groups is 2. The lowest BCUT2D eigenvalue weighted by atomic mass is 9.96. The molecule has 0 aliphatic carbocycles. The Hall–Kier alpha value is -2.82. The van der Waals surface area contributed by atoms with Gasteiger partial charge >= 0.3 is 0 Å². The van der Waals surface area contributed by atoms with E-state index in [1.54, 1.807) is 12.1 Å². The molecule has 0 saturated carbocycles. The number of nitrogens with zero attached hydrogens (tertiary/aromatic N) is 1. The average Bonchev–Trinajstić information content (AvgIpc) is 2.67. The van der Waals surface area contributed by atoms with Crippen LogP contribution in [0.3, 0.4) is 0 Å². The molecule has 148 valence electrons. The minimum atomic E-state index is -0.289. The molecule has 0 unspecified atom stereocenters. The van der Waals surface area contributed by atoms with E-state index in [2.05, 4.69) is 19.2 Å². The lowest BCUT2D eigenvalue weighted by Gasteiger charge is -2.39. The van der Waals surface area contributed by atoms with Crippen LogP contribution in [0.5, 0.6) is 5.75 Å². The fraction of sp³-hybridized carbons (Fsp3) is 0.391. The number of benzene rings is 2.